The summed E-state index contributed by atoms with van der Waals surface area (Å²) < 4.78 is 4.66. The molecule has 0 saturated heterocycles. The van der Waals surface area contributed by atoms with Gasteiger partial charge < -0.3 is 15.4 Å². The normalized spacial score (nSPS) is 10.1. The van der Waals surface area contributed by atoms with Crippen LogP contribution in [0.5, 0.6) is 0 Å². The third-order valence-electron chi connectivity index (χ3n) is 3.42. The molecule has 2 N–H and O–H groups in total. The predicted octanol–water partition coefficient (Wildman–Crippen LogP) is 3.88. The van der Waals surface area contributed by atoms with Gasteiger partial charge in [0.05, 0.1) is 12.7 Å². The molecule has 0 fully saturated rings. The Morgan fingerprint density at radius 3 is 2.67 bits per heavy atom. The minimum atomic E-state index is -0.439. The molecule has 0 saturated carbocycles. The number of nitrogens with one attached hydrogen (secondary N) is 2. The number of carbonyl (C=O) groups is 2. The average Bonchev–Trinajstić information content (AvgIpc) is 2.56. The van der Waals surface area contributed by atoms with Crippen LogP contribution >= 0.6 is 11.6 Å². The summed E-state index contributed by atoms with van der Waals surface area (Å²) in [6.07, 6.45) is 0.296. The lowest BCUT2D eigenvalue weighted by atomic mass is 10.2. The van der Waals surface area contributed by atoms with Crippen LogP contribution in [0.25, 0.3) is 0 Å². The van der Waals surface area contributed by atoms with Crippen LogP contribution in [0.15, 0.2) is 42.5 Å². The standard InChI is InChI=1S/C18H19ClN2O3/c1-12-10-14(19)6-7-16(12)20-9-8-17(22)21-15-5-3-4-13(11-15)18(23)24-2/h3-7,10-11,20H,8-9H2,1-2H3,(H,21,22). The van der Waals surface area contributed by atoms with Crippen molar-refractivity contribution in [2.24, 2.45) is 0 Å². The molecule has 0 aliphatic heterocycles. The third kappa shape index (κ3) is 4.99. The second-order valence-corrected chi connectivity index (χ2v) is 5.69. The topological polar surface area (TPSA) is 67.4 Å². The quantitative estimate of drug-likeness (QED) is 0.779. The molecule has 2 rings (SSSR count). The number of benzene rings is 2. The first-order chi connectivity index (χ1) is 11.5. The number of esters is 1. The molecule has 0 unspecified atom stereocenters. The van der Waals surface area contributed by atoms with E-state index >= 15 is 0 Å². The summed E-state index contributed by atoms with van der Waals surface area (Å²) in [7, 11) is 1.32. The van der Waals surface area contributed by atoms with E-state index < -0.39 is 5.97 Å². The maximum absolute atomic E-state index is 12.0. The molecular formula is C18H19ClN2O3. The maximum atomic E-state index is 12.0. The molecular weight excluding hydrogens is 328 g/mol. The highest BCUT2D eigenvalue weighted by Crippen LogP contribution is 2.19. The highest BCUT2D eigenvalue weighted by molar-refractivity contribution is 6.30. The number of halogens is 1. The zero-order valence-electron chi connectivity index (χ0n) is 13.6. The van der Waals surface area contributed by atoms with Crippen LogP contribution in [-0.2, 0) is 9.53 Å². The number of ether oxygens (including phenoxy) is 1. The Morgan fingerprint density at radius 1 is 1.17 bits per heavy atom. The van der Waals surface area contributed by atoms with Crippen LogP contribution < -0.4 is 10.6 Å². The lowest BCUT2D eigenvalue weighted by molar-refractivity contribution is -0.115. The molecule has 6 heteroatoms. The predicted molar refractivity (Wildman–Crippen MR) is 95.7 cm³/mol. The summed E-state index contributed by atoms with van der Waals surface area (Å²) >= 11 is 5.91. The summed E-state index contributed by atoms with van der Waals surface area (Å²) in [6.45, 7) is 2.44. The SMILES string of the molecule is COC(=O)c1cccc(NC(=O)CCNc2ccc(Cl)cc2C)c1. The van der Waals surface area contributed by atoms with Crippen molar-refractivity contribution in [3.05, 3.63) is 58.6 Å². The fourth-order valence-corrected chi connectivity index (χ4v) is 2.43. The molecule has 2 aromatic carbocycles. The molecule has 0 aliphatic rings. The zero-order chi connectivity index (χ0) is 17.5. The number of hydrogen-bond acceptors (Lipinski definition) is 4. The van der Waals surface area contributed by atoms with Gasteiger partial charge in [-0.3, -0.25) is 4.79 Å². The van der Waals surface area contributed by atoms with Gasteiger partial charge in [0.2, 0.25) is 5.91 Å². The van der Waals surface area contributed by atoms with Gasteiger partial charge in [-0.1, -0.05) is 17.7 Å². The summed E-state index contributed by atoms with van der Waals surface area (Å²) in [6, 6.07) is 12.2. The van der Waals surface area contributed by atoms with Crippen molar-refractivity contribution in [1.29, 1.82) is 0 Å². The lowest BCUT2D eigenvalue weighted by Crippen LogP contribution is -2.16. The van der Waals surface area contributed by atoms with E-state index in [0.29, 0.717) is 29.2 Å². The highest BCUT2D eigenvalue weighted by atomic mass is 35.5. The maximum Gasteiger partial charge on any atom is 0.337 e. The molecule has 0 aliphatic carbocycles. The van der Waals surface area contributed by atoms with E-state index in [2.05, 4.69) is 15.4 Å². The Bertz CT molecular complexity index is 747. The van der Waals surface area contributed by atoms with Gasteiger partial charge >= 0.3 is 5.97 Å². The number of carbonyl (C=O) groups excluding carboxylic acids is 2. The van der Waals surface area contributed by atoms with Crippen molar-refractivity contribution in [1.82, 2.24) is 0 Å². The first kappa shape index (κ1) is 17.8. The average molecular weight is 347 g/mol. The Labute approximate surface area is 146 Å². The van der Waals surface area contributed by atoms with Gasteiger partial charge in [0, 0.05) is 29.4 Å². The molecule has 126 valence electrons. The second kappa shape index (κ2) is 8.36. The fraction of sp³-hybridized carbons (Fsp3) is 0.222. The van der Waals surface area contributed by atoms with Crippen molar-refractivity contribution >= 4 is 34.9 Å². The van der Waals surface area contributed by atoms with Gasteiger partial charge in [-0.05, 0) is 48.9 Å². The van der Waals surface area contributed by atoms with Crippen molar-refractivity contribution in [3.8, 4) is 0 Å². The number of amides is 1. The van der Waals surface area contributed by atoms with Gasteiger partial charge in [-0.2, -0.15) is 0 Å². The van der Waals surface area contributed by atoms with Crippen LogP contribution in [0, 0.1) is 6.92 Å². The van der Waals surface area contributed by atoms with E-state index in [1.807, 2.05) is 19.1 Å². The molecule has 2 aromatic rings. The van der Waals surface area contributed by atoms with Crippen LogP contribution in [-0.4, -0.2) is 25.5 Å². The van der Waals surface area contributed by atoms with E-state index in [0.717, 1.165) is 11.3 Å². The molecule has 0 spiro atoms. The first-order valence-electron chi connectivity index (χ1n) is 7.48. The molecule has 5 nitrogen and oxygen atoms in total. The van der Waals surface area contributed by atoms with Crippen molar-refractivity contribution in [2.75, 3.05) is 24.3 Å². The molecule has 1 amide bonds. The van der Waals surface area contributed by atoms with E-state index in [1.165, 1.54) is 7.11 Å². The minimum Gasteiger partial charge on any atom is -0.465 e. The first-order valence-corrected chi connectivity index (χ1v) is 7.85. The van der Waals surface area contributed by atoms with Gasteiger partial charge in [0.25, 0.3) is 0 Å². The highest BCUT2D eigenvalue weighted by Gasteiger charge is 2.08. The monoisotopic (exact) mass is 346 g/mol. The molecule has 0 aromatic heterocycles. The number of hydrogen-bond donors (Lipinski definition) is 2. The summed E-state index contributed by atoms with van der Waals surface area (Å²) in [5.74, 6) is -0.581. The van der Waals surface area contributed by atoms with E-state index in [4.69, 9.17) is 11.6 Å². The zero-order valence-corrected chi connectivity index (χ0v) is 14.3. The summed E-state index contributed by atoms with van der Waals surface area (Å²) in [4.78, 5) is 23.5. The van der Waals surface area contributed by atoms with Crippen LogP contribution in [0.2, 0.25) is 5.02 Å². The Morgan fingerprint density at radius 2 is 1.96 bits per heavy atom. The number of rotatable bonds is 6. The molecule has 0 heterocycles. The fourth-order valence-electron chi connectivity index (χ4n) is 2.20. The Balaban J connectivity index is 1.86. The van der Waals surface area contributed by atoms with Crippen molar-refractivity contribution < 1.29 is 14.3 Å². The van der Waals surface area contributed by atoms with Gasteiger partial charge in [-0.15, -0.1) is 0 Å². The number of aryl methyl sites for hydroxylation is 1. The smallest absolute Gasteiger partial charge is 0.337 e. The van der Waals surface area contributed by atoms with Crippen LogP contribution in [0.4, 0.5) is 11.4 Å². The van der Waals surface area contributed by atoms with Crippen molar-refractivity contribution in [3.63, 3.8) is 0 Å². The Kier molecular flexibility index (Phi) is 6.21. The molecule has 0 atom stereocenters. The van der Waals surface area contributed by atoms with E-state index in [9.17, 15) is 9.59 Å². The van der Waals surface area contributed by atoms with Crippen molar-refractivity contribution in [2.45, 2.75) is 13.3 Å². The largest absolute Gasteiger partial charge is 0.465 e. The van der Waals surface area contributed by atoms with Crippen LogP contribution in [0.1, 0.15) is 22.3 Å². The van der Waals surface area contributed by atoms with Gasteiger partial charge in [0.1, 0.15) is 0 Å². The second-order valence-electron chi connectivity index (χ2n) is 5.26. The minimum absolute atomic E-state index is 0.142. The van der Waals surface area contributed by atoms with E-state index in [1.54, 1.807) is 30.3 Å². The third-order valence-corrected chi connectivity index (χ3v) is 3.66. The molecule has 0 radical (unpaired) electrons. The summed E-state index contributed by atoms with van der Waals surface area (Å²) in [5.41, 5.74) is 2.92. The van der Waals surface area contributed by atoms with E-state index in [-0.39, 0.29) is 5.91 Å². The van der Waals surface area contributed by atoms with Crippen LogP contribution in [0.3, 0.4) is 0 Å². The summed E-state index contributed by atoms with van der Waals surface area (Å²) in [5, 5.41) is 6.65. The van der Waals surface area contributed by atoms with Gasteiger partial charge in [0.15, 0.2) is 0 Å². The number of methoxy groups -OCH3 is 1. The Hall–Kier alpha value is -2.53. The molecule has 0 bridgehead atoms. The lowest BCUT2D eigenvalue weighted by Gasteiger charge is -2.10. The molecule has 24 heavy (non-hydrogen) atoms. The van der Waals surface area contributed by atoms with Gasteiger partial charge in [-0.25, -0.2) is 4.79 Å². The number of anilines is 2.